The van der Waals surface area contributed by atoms with Gasteiger partial charge in [0.05, 0.1) is 0 Å². The minimum absolute atomic E-state index is 0.0177. The summed E-state index contributed by atoms with van der Waals surface area (Å²) in [6.45, 7) is 0. The number of alkyl halides is 3. The summed E-state index contributed by atoms with van der Waals surface area (Å²) in [5.41, 5.74) is -0.0198. The third-order valence-corrected chi connectivity index (χ3v) is 1.83. The van der Waals surface area contributed by atoms with Crippen molar-refractivity contribution in [2.75, 3.05) is 0 Å². The van der Waals surface area contributed by atoms with E-state index < -0.39 is 6.43 Å². The maximum absolute atomic E-state index is 12.2. The Morgan fingerprint density at radius 3 is 2.58 bits per heavy atom. The molecule has 0 unspecified atom stereocenters. The van der Waals surface area contributed by atoms with E-state index in [1.165, 1.54) is 12.1 Å². The monoisotopic (exact) mass is 211 g/mol. The van der Waals surface area contributed by atoms with Gasteiger partial charge in [-0.25, -0.2) is 13.8 Å². The van der Waals surface area contributed by atoms with E-state index in [2.05, 4.69) is 4.98 Å². The average molecular weight is 212 g/mol. The molecule has 0 aliphatic rings. The molecule has 0 bridgehead atoms. The Kier molecular flexibility index (Phi) is 3.23. The minimum Gasteiger partial charge on any atom is -0.235 e. The Bertz CT molecular complexity index is 278. The van der Waals surface area contributed by atoms with E-state index in [4.69, 9.17) is 23.2 Å². The van der Waals surface area contributed by atoms with Crippen LogP contribution in [0.15, 0.2) is 12.1 Å². The maximum atomic E-state index is 12.2. The molecule has 0 saturated heterocycles. The molecule has 0 radical (unpaired) electrons. The van der Waals surface area contributed by atoms with Crippen LogP contribution in [0, 0.1) is 0 Å². The number of hydrogen-bond acceptors (Lipinski definition) is 1. The highest BCUT2D eigenvalue weighted by atomic mass is 35.5. The average Bonchev–Trinajstić information content (AvgIpc) is 2.04. The molecule has 0 aliphatic carbocycles. The fourth-order valence-electron chi connectivity index (χ4n) is 0.781. The smallest absolute Gasteiger partial charge is 0.235 e. The van der Waals surface area contributed by atoms with E-state index in [1.807, 2.05) is 0 Å². The van der Waals surface area contributed by atoms with Crippen molar-refractivity contribution in [3.63, 3.8) is 0 Å². The molecular weight excluding hydrogens is 207 g/mol. The first-order chi connectivity index (χ1) is 5.65. The number of hydrogen-bond donors (Lipinski definition) is 0. The zero-order valence-electron chi connectivity index (χ0n) is 5.90. The highest BCUT2D eigenvalue weighted by molar-refractivity contribution is 6.29. The van der Waals surface area contributed by atoms with Crippen molar-refractivity contribution >= 4 is 23.2 Å². The second-order valence-electron chi connectivity index (χ2n) is 2.11. The van der Waals surface area contributed by atoms with Crippen LogP contribution in [0.4, 0.5) is 8.78 Å². The van der Waals surface area contributed by atoms with Crippen LogP contribution in [0.3, 0.4) is 0 Å². The molecule has 0 fully saturated rings. The lowest BCUT2D eigenvalue weighted by molar-refractivity contribution is 0.145. The number of halogens is 4. The Morgan fingerprint density at radius 1 is 1.42 bits per heavy atom. The molecule has 66 valence electrons. The summed E-state index contributed by atoms with van der Waals surface area (Å²) in [7, 11) is 0. The van der Waals surface area contributed by atoms with Gasteiger partial charge in [-0.3, -0.25) is 0 Å². The van der Waals surface area contributed by atoms with Gasteiger partial charge in [-0.1, -0.05) is 17.7 Å². The molecule has 1 nitrogen and oxygen atoms in total. The lowest BCUT2D eigenvalue weighted by atomic mass is 10.2. The third kappa shape index (κ3) is 2.05. The number of nitrogens with zero attached hydrogens (tertiary/aromatic N) is 1. The summed E-state index contributed by atoms with van der Waals surface area (Å²) in [4.78, 5) is 3.47. The summed E-state index contributed by atoms with van der Waals surface area (Å²) in [6.07, 6.45) is -2.63. The molecule has 1 rings (SSSR count). The minimum atomic E-state index is -2.63. The Balaban J connectivity index is 3.12. The Labute approximate surface area is 78.3 Å². The topological polar surface area (TPSA) is 12.9 Å². The Morgan fingerprint density at radius 2 is 2.08 bits per heavy atom. The molecule has 5 heteroatoms. The molecule has 12 heavy (non-hydrogen) atoms. The van der Waals surface area contributed by atoms with Crippen LogP contribution in [0.5, 0.6) is 0 Å². The van der Waals surface area contributed by atoms with Crippen LogP contribution < -0.4 is 0 Å². The van der Waals surface area contributed by atoms with Crippen molar-refractivity contribution < 1.29 is 8.78 Å². The predicted molar refractivity (Wildman–Crippen MR) is 43.8 cm³/mol. The fourth-order valence-corrected chi connectivity index (χ4v) is 1.16. The standard InChI is InChI=1S/C7H5Cl2F2N/c8-3-4-1-2-5(9)12-6(4)7(10)11/h1-2,7H,3H2. The molecule has 0 aromatic carbocycles. The summed E-state index contributed by atoms with van der Waals surface area (Å²) >= 11 is 10.8. The lowest BCUT2D eigenvalue weighted by Crippen LogP contribution is -1.96. The van der Waals surface area contributed by atoms with Gasteiger partial charge in [-0.2, -0.15) is 0 Å². The molecule has 1 heterocycles. The van der Waals surface area contributed by atoms with Crippen LogP contribution in [0.25, 0.3) is 0 Å². The second-order valence-corrected chi connectivity index (χ2v) is 2.77. The fraction of sp³-hybridized carbons (Fsp3) is 0.286. The van der Waals surface area contributed by atoms with E-state index in [-0.39, 0.29) is 16.7 Å². The van der Waals surface area contributed by atoms with Crippen LogP contribution >= 0.6 is 23.2 Å². The largest absolute Gasteiger partial charge is 0.280 e. The van der Waals surface area contributed by atoms with Gasteiger partial charge in [0, 0.05) is 5.88 Å². The van der Waals surface area contributed by atoms with E-state index in [9.17, 15) is 8.78 Å². The molecule has 0 N–H and O–H groups in total. The van der Waals surface area contributed by atoms with E-state index >= 15 is 0 Å². The third-order valence-electron chi connectivity index (χ3n) is 1.33. The molecule has 0 spiro atoms. The molecule has 1 aromatic rings. The summed E-state index contributed by atoms with van der Waals surface area (Å²) in [5, 5.41) is 0.0548. The van der Waals surface area contributed by atoms with Gasteiger partial charge in [-0.15, -0.1) is 11.6 Å². The number of rotatable bonds is 2. The summed E-state index contributed by atoms with van der Waals surface area (Å²) in [5.74, 6) is 0.0177. The quantitative estimate of drug-likeness (QED) is 0.540. The van der Waals surface area contributed by atoms with Crippen LogP contribution in [-0.4, -0.2) is 4.98 Å². The van der Waals surface area contributed by atoms with Crippen molar-refractivity contribution in [1.82, 2.24) is 4.98 Å². The first-order valence-corrected chi connectivity index (χ1v) is 4.06. The summed E-state index contributed by atoms with van der Waals surface area (Å²) < 4.78 is 24.4. The molecule has 0 amide bonds. The van der Waals surface area contributed by atoms with Crippen LogP contribution in [0.1, 0.15) is 17.7 Å². The summed E-state index contributed by atoms with van der Waals surface area (Å²) in [6, 6.07) is 2.88. The van der Waals surface area contributed by atoms with Crippen molar-refractivity contribution in [2.45, 2.75) is 12.3 Å². The highest BCUT2D eigenvalue weighted by Gasteiger charge is 2.14. The molecule has 0 aliphatic heterocycles. The van der Waals surface area contributed by atoms with Gasteiger partial charge in [0.15, 0.2) is 0 Å². The zero-order chi connectivity index (χ0) is 9.14. The van der Waals surface area contributed by atoms with E-state index in [0.717, 1.165) is 0 Å². The first-order valence-electron chi connectivity index (χ1n) is 3.14. The van der Waals surface area contributed by atoms with Gasteiger partial charge < -0.3 is 0 Å². The Hall–Kier alpha value is -0.410. The normalized spacial score (nSPS) is 10.8. The van der Waals surface area contributed by atoms with Crippen molar-refractivity contribution in [3.8, 4) is 0 Å². The van der Waals surface area contributed by atoms with E-state index in [0.29, 0.717) is 5.56 Å². The number of pyridine rings is 1. The van der Waals surface area contributed by atoms with Crippen LogP contribution in [-0.2, 0) is 5.88 Å². The van der Waals surface area contributed by atoms with Crippen LogP contribution in [0.2, 0.25) is 5.15 Å². The van der Waals surface area contributed by atoms with Crippen molar-refractivity contribution in [3.05, 3.63) is 28.5 Å². The van der Waals surface area contributed by atoms with Crippen molar-refractivity contribution in [1.29, 1.82) is 0 Å². The van der Waals surface area contributed by atoms with E-state index in [1.54, 1.807) is 0 Å². The predicted octanol–water partition coefficient (Wildman–Crippen LogP) is 3.41. The molecule has 0 saturated carbocycles. The van der Waals surface area contributed by atoms with Crippen molar-refractivity contribution in [2.24, 2.45) is 0 Å². The zero-order valence-corrected chi connectivity index (χ0v) is 7.41. The highest BCUT2D eigenvalue weighted by Crippen LogP contribution is 2.23. The first kappa shape index (κ1) is 9.68. The van der Waals surface area contributed by atoms with Gasteiger partial charge in [0.25, 0.3) is 6.43 Å². The van der Waals surface area contributed by atoms with Gasteiger partial charge >= 0.3 is 0 Å². The SMILES string of the molecule is FC(F)c1nc(Cl)ccc1CCl. The molecule has 1 aromatic heterocycles. The van der Waals surface area contributed by atoms with Gasteiger partial charge in [0.1, 0.15) is 10.8 Å². The molecule has 0 atom stereocenters. The molecular formula is C7H5Cl2F2N. The van der Waals surface area contributed by atoms with Gasteiger partial charge in [0.2, 0.25) is 0 Å². The second kappa shape index (κ2) is 4.01. The number of aromatic nitrogens is 1. The maximum Gasteiger partial charge on any atom is 0.280 e. The van der Waals surface area contributed by atoms with Gasteiger partial charge in [-0.05, 0) is 11.6 Å². The lowest BCUT2D eigenvalue weighted by Gasteiger charge is -2.04.